The minimum atomic E-state index is -0.803. The van der Waals surface area contributed by atoms with Gasteiger partial charge in [0.25, 0.3) is 0 Å². The van der Waals surface area contributed by atoms with E-state index in [2.05, 4.69) is 17.1 Å². The highest BCUT2D eigenvalue weighted by Crippen LogP contribution is 2.49. The topological polar surface area (TPSA) is 50.9 Å². The van der Waals surface area contributed by atoms with E-state index in [1.807, 2.05) is 29.8 Å². The van der Waals surface area contributed by atoms with Gasteiger partial charge in [-0.15, -0.1) is 0 Å². The zero-order valence-electron chi connectivity index (χ0n) is 20.1. The Labute approximate surface area is 209 Å². The van der Waals surface area contributed by atoms with Crippen LogP contribution in [0.3, 0.4) is 0 Å². The second kappa shape index (κ2) is 8.79. The third kappa shape index (κ3) is 3.95. The van der Waals surface area contributed by atoms with Crippen LogP contribution >= 0.6 is 0 Å². The summed E-state index contributed by atoms with van der Waals surface area (Å²) in [7, 11) is 0. The summed E-state index contributed by atoms with van der Waals surface area (Å²) in [6.45, 7) is 2.00. The molecule has 2 unspecified atom stereocenters. The molecule has 6 rings (SSSR count). The van der Waals surface area contributed by atoms with Gasteiger partial charge < -0.3 is 5.11 Å². The molecule has 4 aromatic rings. The maximum Gasteiger partial charge on any atom is 0.212 e. The highest BCUT2D eigenvalue weighted by Gasteiger charge is 2.46. The molecule has 0 radical (unpaired) electrons. The second-order valence-corrected chi connectivity index (χ2v) is 9.94. The fraction of sp³-hybridized carbons (Fsp3) is 0.267. The van der Waals surface area contributed by atoms with Crippen molar-refractivity contribution in [3.05, 3.63) is 107 Å². The lowest BCUT2D eigenvalue weighted by atomic mass is 9.77. The van der Waals surface area contributed by atoms with E-state index >= 15 is 0 Å². The number of rotatable bonds is 5. The van der Waals surface area contributed by atoms with E-state index in [1.54, 1.807) is 24.4 Å². The van der Waals surface area contributed by atoms with Crippen LogP contribution in [0.15, 0.2) is 72.4 Å². The van der Waals surface area contributed by atoms with Gasteiger partial charge in [0, 0.05) is 23.2 Å². The minimum absolute atomic E-state index is 0.0502. The van der Waals surface area contributed by atoms with Crippen LogP contribution in [0.2, 0.25) is 0 Å². The Kier molecular flexibility index (Phi) is 5.56. The van der Waals surface area contributed by atoms with Crippen LogP contribution in [0.4, 0.5) is 8.78 Å². The van der Waals surface area contributed by atoms with E-state index in [0.717, 1.165) is 58.6 Å². The normalized spacial score (nSPS) is 20.7. The second-order valence-electron chi connectivity index (χ2n) is 9.94. The summed E-state index contributed by atoms with van der Waals surface area (Å²) in [5.41, 5.74) is 7.40. The smallest absolute Gasteiger partial charge is 0.212 e. The van der Waals surface area contributed by atoms with E-state index in [1.165, 1.54) is 23.8 Å². The summed E-state index contributed by atoms with van der Waals surface area (Å²) in [4.78, 5) is 3.81. The van der Waals surface area contributed by atoms with Gasteiger partial charge in [-0.2, -0.15) is 9.49 Å². The van der Waals surface area contributed by atoms with E-state index in [9.17, 15) is 13.9 Å². The van der Waals surface area contributed by atoms with Gasteiger partial charge in [-0.05, 0) is 92.6 Å². The molecule has 2 aliphatic carbocycles. The highest BCUT2D eigenvalue weighted by molar-refractivity contribution is 5.66. The van der Waals surface area contributed by atoms with E-state index < -0.39 is 11.5 Å². The monoisotopic (exact) mass is 483 g/mol. The van der Waals surface area contributed by atoms with Crippen molar-refractivity contribution >= 4 is 6.08 Å². The fourth-order valence-corrected chi connectivity index (χ4v) is 5.89. The zero-order chi connectivity index (χ0) is 24.9. The first-order valence-electron chi connectivity index (χ1n) is 12.4. The van der Waals surface area contributed by atoms with Crippen molar-refractivity contribution in [3.8, 4) is 16.8 Å². The number of hydrogen-bond donors (Lipinski definition) is 1. The number of aliphatic hydroxyl groups is 1. The van der Waals surface area contributed by atoms with Gasteiger partial charge in [0.15, 0.2) is 0 Å². The number of aromatic nitrogens is 3. The molecule has 1 saturated carbocycles. The van der Waals surface area contributed by atoms with Gasteiger partial charge in [-0.3, -0.25) is 0 Å². The van der Waals surface area contributed by atoms with E-state index in [0.29, 0.717) is 12.8 Å². The Hall–Kier alpha value is -3.64. The fourth-order valence-electron chi connectivity index (χ4n) is 5.89. The van der Waals surface area contributed by atoms with Gasteiger partial charge in [0.05, 0.1) is 22.7 Å². The third-order valence-corrected chi connectivity index (χ3v) is 7.85. The molecule has 0 saturated heterocycles. The van der Waals surface area contributed by atoms with Crippen molar-refractivity contribution in [2.45, 2.75) is 44.6 Å². The largest absolute Gasteiger partial charge is 0.389 e. The predicted octanol–water partition coefficient (Wildman–Crippen LogP) is 6.23. The SMILES string of the molecule is Cc1nn(-c2ccc(F)cc2)c2c1CC1C(=C2)CCC1(O)CCc1ccccc1-c1ccc(F)nc1. The van der Waals surface area contributed by atoms with Gasteiger partial charge in [0.2, 0.25) is 5.95 Å². The minimum Gasteiger partial charge on any atom is -0.389 e. The van der Waals surface area contributed by atoms with Crippen LogP contribution in [-0.2, 0) is 12.8 Å². The number of nitrogens with zero attached hydrogens (tertiary/aromatic N) is 3. The van der Waals surface area contributed by atoms with Gasteiger partial charge in [-0.25, -0.2) is 14.1 Å². The summed E-state index contributed by atoms with van der Waals surface area (Å²) in [6.07, 6.45) is 7.41. The number of benzene rings is 2. The average Bonchev–Trinajstić information content (AvgIpc) is 3.39. The summed E-state index contributed by atoms with van der Waals surface area (Å²) in [5.74, 6) is -0.715. The molecule has 2 aliphatic rings. The first-order valence-corrected chi connectivity index (χ1v) is 12.4. The molecule has 0 spiro atoms. The molecule has 1 fully saturated rings. The number of hydrogen-bond acceptors (Lipinski definition) is 3. The maximum atomic E-state index is 13.5. The van der Waals surface area contributed by atoms with E-state index in [-0.39, 0.29) is 11.7 Å². The third-order valence-electron chi connectivity index (χ3n) is 7.85. The van der Waals surface area contributed by atoms with Gasteiger partial charge in [0.1, 0.15) is 5.82 Å². The summed E-state index contributed by atoms with van der Waals surface area (Å²) < 4.78 is 28.7. The number of pyridine rings is 1. The Morgan fingerprint density at radius 2 is 1.86 bits per heavy atom. The van der Waals surface area contributed by atoms with Crippen molar-refractivity contribution in [3.63, 3.8) is 0 Å². The first kappa shape index (κ1) is 22.8. The summed E-state index contributed by atoms with van der Waals surface area (Å²) >= 11 is 0. The quantitative estimate of drug-likeness (QED) is 0.342. The Morgan fingerprint density at radius 3 is 2.64 bits per heavy atom. The highest BCUT2D eigenvalue weighted by atomic mass is 19.1. The molecule has 182 valence electrons. The molecule has 0 amide bonds. The van der Waals surface area contributed by atoms with Gasteiger partial charge in [-0.1, -0.05) is 29.8 Å². The standard InChI is InChI=1S/C30H27F2N3O/c1-19-26-17-27-21(16-28(26)35(34-19)24-9-7-23(31)8-10-24)13-15-30(27,36)14-12-20-4-2-3-5-25(20)22-6-11-29(32)33-18-22/h2-11,16,18,27,36H,12-15,17H2,1H3. The van der Waals surface area contributed by atoms with Crippen molar-refractivity contribution in [2.24, 2.45) is 5.92 Å². The molecule has 0 aliphatic heterocycles. The molecular weight excluding hydrogens is 456 g/mol. The zero-order valence-corrected chi connectivity index (χ0v) is 20.1. The lowest BCUT2D eigenvalue weighted by Crippen LogP contribution is -2.36. The van der Waals surface area contributed by atoms with Gasteiger partial charge >= 0.3 is 0 Å². The number of aryl methyl sites for hydroxylation is 2. The Balaban J connectivity index is 1.26. The molecule has 2 heterocycles. The molecule has 6 heteroatoms. The van der Waals surface area contributed by atoms with E-state index in [4.69, 9.17) is 5.10 Å². The Bertz CT molecular complexity index is 1460. The Morgan fingerprint density at radius 1 is 1.06 bits per heavy atom. The number of halogens is 2. The predicted molar refractivity (Wildman–Crippen MR) is 136 cm³/mol. The maximum absolute atomic E-state index is 13.5. The van der Waals surface area contributed by atoms with Crippen LogP contribution < -0.4 is 0 Å². The molecular formula is C30H27F2N3O. The van der Waals surface area contributed by atoms with Crippen LogP contribution in [0, 0.1) is 24.6 Å². The van der Waals surface area contributed by atoms with Crippen molar-refractivity contribution in [2.75, 3.05) is 0 Å². The van der Waals surface area contributed by atoms with Crippen LogP contribution in [0.25, 0.3) is 22.9 Å². The molecule has 2 atom stereocenters. The average molecular weight is 484 g/mol. The molecule has 1 N–H and O–H groups in total. The van der Waals surface area contributed by atoms with Crippen LogP contribution in [-0.4, -0.2) is 25.5 Å². The summed E-state index contributed by atoms with van der Waals surface area (Å²) in [5, 5.41) is 16.6. The molecule has 2 aromatic heterocycles. The van der Waals surface area contributed by atoms with Crippen molar-refractivity contribution in [1.29, 1.82) is 0 Å². The number of fused-ring (bicyclic) bond motifs is 2. The van der Waals surface area contributed by atoms with Crippen LogP contribution in [0.5, 0.6) is 0 Å². The molecule has 0 bridgehead atoms. The lowest BCUT2D eigenvalue weighted by Gasteiger charge is -2.33. The molecule has 36 heavy (non-hydrogen) atoms. The van der Waals surface area contributed by atoms with Crippen molar-refractivity contribution < 1.29 is 13.9 Å². The first-order chi connectivity index (χ1) is 17.4. The lowest BCUT2D eigenvalue weighted by molar-refractivity contribution is 0.00157. The molecule has 2 aromatic carbocycles. The van der Waals surface area contributed by atoms with Crippen LogP contribution in [0.1, 0.15) is 41.8 Å². The summed E-state index contributed by atoms with van der Waals surface area (Å²) in [6, 6.07) is 17.6. The molecule has 4 nitrogen and oxygen atoms in total. The van der Waals surface area contributed by atoms with Crippen molar-refractivity contribution in [1.82, 2.24) is 14.8 Å².